The first-order chi connectivity index (χ1) is 9.36. The van der Waals surface area contributed by atoms with Crippen LogP contribution in [0.25, 0.3) is 0 Å². The highest BCUT2D eigenvalue weighted by atomic mass is 32.1. The molecule has 1 fully saturated rings. The predicted octanol–water partition coefficient (Wildman–Crippen LogP) is 3.97. The smallest absolute Gasteiger partial charge is 0.0324 e. The van der Waals surface area contributed by atoms with Crippen molar-refractivity contribution in [3.63, 3.8) is 0 Å². The molecule has 1 aliphatic carbocycles. The highest BCUT2D eigenvalue weighted by molar-refractivity contribution is 7.09. The maximum atomic E-state index is 6.38. The summed E-state index contributed by atoms with van der Waals surface area (Å²) in [5, 5.41) is 2.16. The van der Waals surface area contributed by atoms with Crippen LogP contribution < -0.4 is 5.73 Å². The van der Waals surface area contributed by atoms with Crippen LogP contribution in [0.1, 0.15) is 44.9 Å². The molecule has 1 aromatic heterocycles. The van der Waals surface area contributed by atoms with Crippen molar-refractivity contribution in [1.82, 2.24) is 4.90 Å². The molecule has 0 spiro atoms. The molecule has 0 saturated heterocycles. The van der Waals surface area contributed by atoms with Gasteiger partial charge in [-0.3, -0.25) is 0 Å². The number of nitrogens with zero attached hydrogens (tertiary/aromatic N) is 1. The molecule has 114 valence electrons. The highest BCUT2D eigenvalue weighted by Gasteiger charge is 2.34. The van der Waals surface area contributed by atoms with E-state index in [2.05, 4.69) is 50.2 Å². The lowest BCUT2D eigenvalue weighted by Crippen LogP contribution is -2.44. The Morgan fingerprint density at radius 2 is 2.10 bits per heavy atom. The Morgan fingerprint density at radius 3 is 2.70 bits per heavy atom. The zero-order chi connectivity index (χ0) is 14.8. The van der Waals surface area contributed by atoms with Gasteiger partial charge in [0.1, 0.15) is 0 Å². The van der Waals surface area contributed by atoms with E-state index in [1.165, 1.54) is 24.1 Å². The van der Waals surface area contributed by atoms with Gasteiger partial charge in [-0.2, -0.15) is 0 Å². The second kappa shape index (κ2) is 6.59. The number of thiophene rings is 1. The minimum absolute atomic E-state index is 0.388. The minimum atomic E-state index is 0.388. The maximum absolute atomic E-state index is 6.38. The summed E-state index contributed by atoms with van der Waals surface area (Å²) < 4.78 is 0. The van der Waals surface area contributed by atoms with Crippen LogP contribution in [0.5, 0.6) is 0 Å². The molecule has 3 atom stereocenters. The van der Waals surface area contributed by atoms with Crippen LogP contribution in [0.15, 0.2) is 17.5 Å². The Bertz CT molecular complexity index is 394. The average Bonchev–Trinajstić information content (AvgIpc) is 2.83. The van der Waals surface area contributed by atoms with E-state index in [0.717, 1.165) is 19.0 Å². The van der Waals surface area contributed by atoms with Crippen molar-refractivity contribution in [3.8, 4) is 0 Å². The summed E-state index contributed by atoms with van der Waals surface area (Å²) in [4.78, 5) is 3.89. The largest absolute Gasteiger partial charge is 0.327 e. The van der Waals surface area contributed by atoms with Gasteiger partial charge in [0.2, 0.25) is 0 Å². The third kappa shape index (κ3) is 4.31. The van der Waals surface area contributed by atoms with E-state index in [1.54, 1.807) is 0 Å². The summed E-state index contributed by atoms with van der Waals surface area (Å²) in [7, 11) is 2.23. The fraction of sp³-hybridized carbons (Fsp3) is 0.765. The Hall–Kier alpha value is -0.380. The fourth-order valence-electron chi connectivity index (χ4n) is 3.42. The third-order valence-corrected chi connectivity index (χ3v) is 5.68. The standard InChI is InChI=1S/C17H30N2S/c1-17(2,3)14-7-8-16(18)13(10-14)11-19(4)12-15-6-5-9-20-15/h5-6,9,13-14,16H,7-8,10-12,18H2,1-4H3. The number of hydrogen-bond donors (Lipinski definition) is 1. The molecule has 20 heavy (non-hydrogen) atoms. The first kappa shape index (κ1) is 16.0. The van der Waals surface area contributed by atoms with Gasteiger partial charge >= 0.3 is 0 Å². The zero-order valence-electron chi connectivity index (χ0n) is 13.4. The van der Waals surface area contributed by atoms with E-state index in [4.69, 9.17) is 5.73 Å². The van der Waals surface area contributed by atoms with Gasteiger partial charge in [-0.1, -0.05) is 26.8 Å². The molecule has 3 heteroatoms. The quantitative estimate of drug-likeness (QED) is 0.910. The Kier molecular flexibility index (Phi) is 5.27. The molecule has 0 aromatic carbocycles. The first-order valence-corrected chi connectivity index (χ1v) is 8.70. The highest BCUT2D eigenvalue weighted by Crippen LogP contribution is 2.40. The molecule has 0 amide bonds. The molecule has 2 nitrogen and oxygen atoms in total. The lowest BCUT2D eigenvalue weighted by atomic mass is 9.67. The van der Waals surface area contributed by atoms with Crippen LogP contribution >= 0.6 is 11.3 Å². The molecule has 3 unspecified atom stereocenters. The molecular weight excluding hydrogens is 264 g/mol. The van der Waals surface area contributed by atoms with E-state index in [-0.39, 0.29) is 0 Å². The number of rotatable bonds is 4. The van der Waals surface area contributed by atoms with E-state index in [0.29, 0.717) is 17.4 Å². The summed E-state index contributed by atoms with van der Waals surface area (Å²) >= 11 is 1.85. The second-order valence-corrected chi connectivity index (χ2v) is 8.61. The van der Waals surface area contributed by atoms with E-state index >= 15 is 0 Å². The molecule has 2 rings (SSSR count). The molecule has 0 bridgehead atoms. The van der Waals surface area contributed by atoms with Crippen molar-refractivity contribution in [3.05, 3.63) is 22.4 Å². The summed E-state index contributed by atoms with van der Waals surface area (Å²) in [6.07, 6.45) is 3.79. The molecule has 1 aromatic rings. The molecule has 1 saturated carbocycles. The average molecular weight is 295 g/mol. The van der Waals surface area contributed by atoms with Crippen LogP contribution in [0.4, 0.5) is 0 Å². The van der Waals surface area contributed by atoms with Gasteiger partial charge < -0.3 is 10.6 Å². The van der Waals surface area contributed by atoms with Gasteiger partial charge in [0.15, 0.2) is 0 Å². The first-order valence-electron chi connectivity index (χ1n) is 7.82. The minimum Gasteiger partial charge on any atom is -0.327 e. The third-order valence-electron chi connectivity index (χ3n) is 4.82. The summed E-state index contributed by atoms with van der Waals surface area (Å²) in [5.74, 6) is 1.47. The molecule has 1 aliphatic rings. The molecule has 0 radical (unpaired) electrons. The van der Waals surface area contributed by atoms with Crippen LogP contribution in [-0.2, 0) is 6.54 Å². The molecule has 2 N–H and O–H groups in total. The van der Waals surface area contributed by atoms with Crippen molar-refractivity contribution < 1.29 is 0 Å². The normalized spacial score (nSPS) is 28.0. The van der Waals surface area contributed by atoms with E-state index in [9.17, 15) is 0 Å². The van der Waals surface area contributed by atoms with Crippen LogP contribution in [0, 0.1) is 17.3 Å². The van der Waals surface area contributed by atoms with Crippen LogP contribution in [-0.4, -0.2) is 24.5 Å². The Labute approximate surface area is 128 Å². The summed E-state index contributed by atoms with van der Waals surface area (Å²) in [6.45, 7) is 9.31. The van der Waals surface area contributed by atoms with Crippen LogP contribution in [0.2, 0.25) is 0 Å². The van der Waals surface area contributed by atoms with Gasteiger partial charge in [0, 0.05) is 24.0 Å². The molecular formula is C17H30N2S. The van der Waals surface area contributed by atoms with Crippen molar-refractivity contribution in [2.24, 2.45) is 23.0 Å². The lowest BCUT2D eigenvalue weighted by molar-refractivity contribution is 0.104. The fourth-order valence-corrected chi connectivity index (χ4v) is 4.20. The molecule has 1 heterocycles. The van der Waals surface area contributed by atoms with Gasteiger partial charge in [-0.05, 0) is 55.0 Å². The van der Waals surface area contributed by atoms with Crippen molar-refractivity contribution in [2.75, 3.05) is 13.6 Å². The lowest BCUT2D eigenvalue weighted by Gasteiger charge is -2.41. The van der Waals surface area contributed by atoms with E-state index < -0.39 is 0 Å². The van der Waals surface area contributed by atoms with Crippen molar-refractivity contribution in [2.45, 2.75) is 52.6 Å². The van der Waals surface area contributed by atoms with Crippen molar-refractivity contribution in [1.29, 1.82) is 0 Å². The number of nitrogens with two attached hydrogens (primary N) is 1. The molecule has 0 aliphatic heterocycles. The van der Waals surface area contributed by atoms with E-state index in [1.807, 2.05) is 11.3 Å². The SMILES string of the molecule is CN(Cc1cccs1)CC1CC(C(C)(C)C)CCC1N. The van der Waals surface area contributed by atoms with Gasteiger partial charge in [0.25, 0.3) is 0 Å². The van der Waals surface area contributed by atoms with Crippen LogP contribution in [0.3, 0.4) is 0 Å². The second-order valence-electron chi connectivity index (χ2n) is 7.58. The summed E-state index contributed by atoms with van der Waals surface area (Å²) in [5.41, 5.74) is 6.80. The number of hydrogen-bond acceptors (Lipinski definition) is 3. The van der Waals surface area contributed by atoms with Crippen molar-refractivity contribution >= 4 is 11.3 Å². The Balaban J connectivity index is 1.89. The zero-order valence-corrected chi connectivity index (χ0v) is 14.2. The monoisotopic (exact) mass is 294 g/mol. The Morgan fingerprint density at radius 1 is 1.35 bits per heavy atom. The topological polar surface area (TPSA) is 29.3 Å². The maximum Gasteiger partial charge on any atom is 0.0324 e. The summed E-state index contributed by atoms with van der Waals surface area (Å²) in [6, 6.07) is 4.75. The van der Waals surface area contributed by atoms with Gasteiger partial charge in [0.05, 0.1) is 0 Å². The van der Waals surface area contributed by atoms with Gasteiger partial charge in [-0.15, -0.1) is 11.3 Å². The van der Waals surface area contributed by atoms with Gasteiger partial charge in [-0.25, -0.2) is 0 Å². The predicted molar refractivity (Wildman–Crippen MR) is 88.9 cm³/mol.